The minimum atomic E-state index is 0.277. The van der Waals surface area contributed by atoms with Crippen LogP contribution in [0.3, 0.4) is 0 Å². The summed E-state index contributed by atoms with van der Waals surface area (Å²) >= 11 is 0. The van der Waals surface area contributed by atoms with Crippen molar-refractivity contribution >= 4 is 5.96 Å². The van der Waals surface area contributed by atoms with Crippen molar-refractivity contribution in [2.45, 2.75) is 20.0 Å². The first-order chi connectivity index (χ1) is 12.6. The number of guanidine groups is 1. The van der Waals surface area contributed by atoms with Gasteiger partial charge in [0.1, 0.15) is 12.4 Å². The van der Waals surface area contributed by atoms with Gasteiger partial charge in [-0.3, -0.25) is 0 Å². The monoisotopic (exact) mass is 356 g/mol. The SMILES string of the molecule is C=CCNC(=NCc1nnc(C)n1C)N(C)Cc1ccc2c(c1)OCO2. The van der Waals surface area contributed by atoms with E-state index in [2.05, 4.69) is 27.1 Å². The van der Waals surface area contributed by atoms with E-state index >= 15 is 0 Å². The molecular formula is C18H24N6O2. The lowest BCUT2D eigenvalue weighted by Crippen LogP contribution is -2.38. The third-order valence-electron chi connectivity index (χ3n) is 4.18. The smallest absolute Gasteiger partial charge is 0.231 e. The lowest BCUT2D eigenvalue weighted by molar-refractivity contribution is 0.174. The van der Waals surface area contributed by atoms with Crippen LogP contribution in [0.15, 0.2) is 35.8 Å². The van der Waals surface area contributed by atoms with Gasteiger partial charge >= 0.3 is 0 Å². The zero-order valence-corrected chi connectivity index (χ0v) is 15.4. The molecule has 2 aromatic rings. The Balaban J connectivity index is 1.72. The molecule has 0 amide bonds. The fourth-order valence-electron chi connectivity index (χ4n) is 2.60. The maximum absolute atomic E-state index is 5.45. The number of rotatable bonds is 6. The number of hydrogen-bond donors (Lipinski definition) is 1. The molecule has 0 unspecified atom stereocenters. The maximum atomic E-state index is 5.45. The molecule has 1 N–H and O–H groups in total. The van der Waals surface area contributed by atoms with Gasteiger partial charge in [-0.1, -0.05) is 12.1 Å². The second-order valence-electron chi connectivity index (χ2n) is 6.08. The topological polar surface area (TPSA) is 76.8 Å². The van der Waals surface area contributed by atoms with Crippen LogP contribution in [0.5, 0.6) is 11.5 Å². The molecular weight excluding hydrogens is 332 g/mol. The Kier molecular flexibility index (Phi) is 5.40. The van der Waals surface area contributed by atoms with E-state index in [0.717, 1.165) is 34.7 Å². The van der Waals surface area contributed by atoms with Crippen molar-refractivity contribution in [2.75, 3.05) is 20.4 Å². The van der Waals surface area contributed by atoms with Crippen LogP contribution in [0.4, 0.5) is 0 Å². The van der Waals surface area contributed by atoms with Gasteiger partial charge in [0.05, 0.1) is 0 Å². The maximum Gasteiger partial charge on any atom is 0.231 e. The van der Waals surface area contributed by atoms with Crippen molar-refractivity contribution in [3.8, 4) is 11.5 Å². The molecule has 8 heteroatoms. The number of nitrogens with one attached hydrogen (secondary N) is 1. The summed E-state index contributed by atoms with van der Waals surface area (Å²) < 4.78 is 12.7. The second-order valence-corrected chi connectivity index (χ2v) is 6.08. The van der Waals surface area contributed by atoms with Gasteiger partial charge in [0.15, 0.2) is 23.3 Å². The Labute approximate surface area is 153 Å². The predicted molar refractivity (Wildman–Crippen MR) is 99.1 cm³/mol. The minimum absolute atomic E-state index is 0.277. The van der Waals surface area contributed by atoms with Gasteiger partial charge in [0.2, 0.25) is 6.79 Å². The number of benzene rings is 1. The Morgan fingerprint density at radius 2 is 2.19 bits per heavy atom. The van der Waals surface area contributed by atoms with Crippen LogP contribution in [0, 0.1) is 6.92 Å². The standard InChI is InChI=1S/C18H24N6O2/c1-5-8-19-18(20-10-17-22-21-13(2)24(17)4)23(3)11-14-6-7-15-16(9-14)26-12-25-15/h5-7,9H,1,8,10-12H2,2-4H3,(H,19,20). The molecule has 0 spiro atoms. The van der Waals surface area contributed by atoms with Gasteiger partial charge in [0.25, 0.3) is 0 Å². The van der Waals surface area contributed by atoms with Crippen molar-refractivity contribution < 1.29 is 9.47 Å². The molecule has 3 rings (SSSR count). The molecule has 0 saturated carbocycles. The summed E-state index contributed by atoms with van der Waals surface area (Å²) in [7, 11) is 3.93. The lowest BCUT2D eigenvalue weighted by Gasteiger charge is -2.22. The van der Waals surface area contributed by atoms with Crippen LogP contribution < -0.4 is 14.8 Å². The van der Waals surface area contributed by atoms with Crippen LogP contribution in [-0.2, 0) is 20.1 Å². The van der Waals surface area contributed by atoms with Gasteiger partial charge in [-0.25, -0.2) is 4.99 Å². The number of hydrogen-bond acceptors (Lipinski definition) is 5. The molecule has 138 valence electrons. The minimum Gasteiger partial charge on any atom is -0.454 e. The Bertz CT molecular complexity index is 814. The molecule has 1 aliphatic rings. The van der Waals surface area contributed by atoms with Crippen LogP contribution in [-0.4, -0.2) is 46.0 Å². The molecule has 2 heterocycles. The number of aliphatic imine (C=N–C) groups is 1. The molecule has 1 aromatic heterocycles. The summed E-state index contributed by atoms with van der Waals surface area (Å²) in [4.78, 5) is 6.72. The van der Waals surface area contributed by atoms with Crippen molar-refractivity contribution in [2.24, 2.45) is 12.0 Å². The van der Waals surface area contributed by atoms with E-state index < -0.39 is 0 Å². The summed E-state index contributed by atoms with van der Waals surface area (Å²) in [6, 6.07) is 5.96. The quantitative estimate of drug-likeness (QED) is 0.481. The van der Waals surface area contributed by atoms with Crippen LogP contribution in [0.1, 0.15) is 17.2 Å². The first-order valence-electron chi connectivity index (χ1n) is 8.42. The fraction of sp³-hybridized carbons (Fsp3) is 0.389. The van der Waals surface area contributed by atoms with Crippen molar-refractivity contribution in [1.82, 2.24) is 25.0 Å². The molecule has 0 aliphatic carbocycles. The van der Waals surface area contributed by atoms with Gasteiger partial charge in [-0.05, 0) is 24.6 Å². The molecule has 0 saturated heterocycles. The van der Waals surface area contributed by atoms with Crippen molar-refractivity contribution in [1.29, 1.82) is 0 Å². The van der Waals surface area contributed by atoms with Gasteiger partial charge in [-0.15, -0.1) is 16.8 Å². The summed E-state index contributed by atoms with van der Waals surface area (Å²) in [6.07, 6.45) is 1.80. The average Bonchev–Trinajstić information content (AvgIpc) is 3.22. The Morgan fingerprint density at radius 3 is 2.92 bits per heavy atom. The van der Waals surface area contributed by atoms with E-state index in [1.54, 1.807) is 6.08 Å². The average molecular weight is 356 g/mol. The number of ether oxygens (including phenoxy) is 2. The van der Waals surface area contributed by atoms with Crippen molar-refractivity contribution in [3.63, 3.8) is 0 Å². The van der Waals surface area contributed by atoms with E-state index in [1.807, 2.05) is 48.7 Å². The van der Waals surface area contributed by atoms with E-state index in [9.17, 15) is 0 Å². The second kappa shape index (κ2) is 7.90. The van der Waals surface area contributed by atoms with E-state index in [1.165, 1.54) is 0 Å². The molecule has 8 nitrogen and oxygen atoms in total. The first-order valence-corrected chi connectivity index (χ1v) is 8.42. The van der Waals surface area contributed by atoms with Crippen LogP contribution >= 0.6 is 0 Å². The number of nitrogens with zero attached hydrogens (tertiary/aromatic N) is 5. The molecule has 0 bridgehead atoms. The highest BCUT2D eigenvalue weighted by atomic mass is 16.7. The van der Waals surface area contributed by atoms with Crippen LogP contribution in [0.25, 0.3) is 0 Å². The third-order valence-corrected chi connectivity index (χ3v) is 4.18. The third kappa shape index (κ3) is 3.96. The van der Waals surface area contributed by atoms with Crippen molar-refractivity contribution in [3.05, 3.63) is 48.1 Å². The van der Waals surface area contributed by atoms with Gasteiger partial charge in [-0.2, -0.15) is 0 Å². The van der Waals surface area contributed by atoms with Crippen LogP contribution in [0.2, 0.25) is 0 Å². The van der Waals surface area contributed by atoms with E-state index in [4.69, 9.17) is 9.47 Å². The Hall–Kier alpha value is -3.03. The number of fused-ring (bicyclic) bond motifs is 1. The largest absolute Gasteiger partial charge is 0.454 e. The predicted octanol–water partition coefficient (Wildman–Crippen LogP) is 1.62. The Morgan fingerprint density at radius 1 is 1.38 bits per heavy atom. The number of aryl methyl sites for hydroxylation is 1. The summed E-state index contributed by atoms with van der Waals surface area (Å²) in [6.45, 7) is 7.71. The molecule has 26 heavy (non-hydrogen) atoms. The van der Waals surface area contributed by atoms with Gasteiger partial charge < -0.3 is 24.3 Å². The molecule has 1 aromatic carbocycles. The molecule has 0 fully saturated rings. The summed E-state index contributed by atoms with van der Waals surface area (Å²) in [5.74, 6) is 4.01. The van der Waals surface area contributed by atoms with Gasteiger partial charge in [0, 0.05) is 27.2 Å². The first kappa shape index (κ1) is 17.8. The normalized spacial score (nSPS) is 13.0. The zero-order valence-electron chi connectivity index (χ0n) is 15.4. The summed E-state index contributed by atoms with van der Waals surface area (Å²) in [5.41, 5.74) is 1.11. The van der Waals surface area contributed by atoms with E-state index in [0.29, 0.717) is 19.6 Å². The fourth-order valence-corrected chi connectivity index (χ4v) is 2.60. The van der Waals surface area contributed by atoms with E-state index in [-0.39, 0.29) is 6.79 Å². The highest BCUT2D eigenvalue weighted by Crippen LogP contribution is 2.32. The molecule has 1 aliphatic heterocycles. The highest BCUT2D eigenvalue weighted by Gasteiger charge is 2.15. The lowest BCUT2D eigenvalue weighted by atomic mass is 10.2. The highest BCUT2D eigenvalue weighted by molar-refractivity contribution is 5.79. The number of aromatic nitrogens is 3. The molecule has 0 atom stereocenters. The zero-order chi connectivity index (χ0) is 18.5. The summed E-state index contributed by atoms with van der Waals surface area (Å²) in [5, 5.41) is 11.5. The molecule has 0 radical (unpaired) electrons.